The first-order chi connectivity index (χ1) is 7.68. The summed E-state index contributed by atoms with van der Waals surface area (Å²) in [5.74, 6) is -2.63. The zero-order valence-electron chi connectivity index (χ0n) is 10.5. The van der Waals surface area contributed by atoms with Crippen molar-refractivity contribution in [2.45, 2.75) is 51.2 Å². The van der Waals surface area contributed by atoms with Gasteiger partial charge in [0.15, 0.2) is 0 Å². The van der Waals surface area contributed by atoms with Gasteiger partial charge in [0.05, 0.1) is 0 Å². The molecular weight excluding hydrogens is 230 g/mol. The lowest BCUT2D eigenvalue weighted by Crippen LogP contribution is -2.49. The average Bonchev–Trinajstić information content (AvgIpc) is 2.10. The first-order valence-electron chi connectivity index (χ1n) is 5.76. The Kier molecular flexibility index (Phi) is 4.30. The number of ether oxygens (including phenoxy) is 1. The Labute approximate surface area is 100 Å². The quantitative estimate of drug-likeness (QED) is 0.787. The first kappa shape index (κ1) is 14.2. The topological polar surface area (TPSA) is 50.4 Å². The van der Waals surface area contributed by atoms with E-state index in [-0.39, 0.29) is 25.9 Å². The van der Waals surface area contributed by atoms with Gasteiger partial charge in [0.1, 0.15) is 5.60 Å². The molecule has 1 aliphatic heterocycles. The van der Waals surface area contributed by atoms with Gasteiger partial charge in [0.2, 0.25) is 0 Å². The lowest BCUT2D eigenvalue weighted by molar-refractivity contribution is -0.0411. The molecule has 17 heavy (non-hydrogen) atoms. The molecule has 1 amide bonds. The highest BCUT2D eigenvalue weighted by molar-refractivity contribution is 5.67. The predicted octanol–water partition coefficient (Wildman–Crippen LogP) is 1.90. The largest absolute Gasteiger partial charge is 0.444 e. The third kappa shape index (κ3) is 5.81. The van der Waals surface area contributed by atoms with Crippen molar-refractivity contribution in [2.75, 3.05) is 13.1 Å². The van der Waals surface area contributed by atoms with E-state index in [1.54, 1.807) is 20.8 Å². The molecule has 0 aromatic carbocycles. The second-order valence-electron chi connectivity index (χ2n) is 5.34. The Morgan fingerprint density at radius 3 is 2.71 bits per heavy atom. The van der Waals surface area contributed by atoms with Crippen LogP contribution in [-0.2, 0) is 4.74 Å². The monoisotopic (exact) mass is 250 g/mol. The number of hydrogen-bond acceptors (Lipinski definition) is 3. The maximum Gasteiger partial charge on any atom is 0.407 e. The molecule has 1 fully saturated rings. The summed E-state index contributed by atoms with van der Waals surface area (Å²) in [5, 5.41) is 5.43. The molecule has 0 aliphatic carbocycles. The van der Waals surface area contributed by atoms with Crippen LogP contribution < -0.4 is 10.6 Å². The van der Waals surface area contributed by atoms with E-state index in [2.05, 4.69) is 10.6 Å². The van der Waals surface area contributed by atoms with Gasteiger partial charge in [-0.05, 0) is 20.8 Å². The van der Waals surface area contributed by atoms with Crippen LogP contribution >= 0.6 is 0 Å². The number of piperidine rings is 1. The van der Waals surface area contributed by atoms with Crippen molar-refractivity contribution in [3.05, 3.63) is 0 Å². The smallest absolute Gasteiger partial charge is 0.407 e. The summed E-state index contributed by atoms with van der Waals surface area (Å²) < 4.78 is 31.1. The predicted molar refractivity (Wildman–Crippen MR) is 60.2 cm³/mol. The van der Waals surface area contributed by atoms with E-state index in [0.29, 0.717) is 0 Å². The van der Waals surface area contributed by atoms with Gasteiger partial charge < -0.3 is 15.4 Å². The van der Waals surface area contributed by atoms with Gasteiger partial charge in [0, 0.05) is 32.0 Å². The molecule has 6 heteroatoms. The van der Waals surface area contributed by atoms with Crippen molar-refractivity contribution >= 4 is 6.09 Å². The molecule has 0 bridgehead atoms. The molecule has 0 saturated carbocycles. The molecule has 2 N–H and O–H groups in total. The summed E-state index contributed by atoms with van der Waals surface area (Å²) in [6.45, 7) is 5.68. The highest BCUT2D eigenvalue weighted by atomic mass is 19.3. The second-order valence-corrected chi connectivity index (χ2v) is 5.34. The molecule has 0 radical (unpaired) electrons. The number of alkyl carbamates (subject to hydrolysis) is 1. The Balaban J connectivity index is 2.29. The minimum Gasteiger partial charge on any atom is -0.444 e. The molecule has 1 aliphatic rings. The number of hydrogen-bond donors (Lipinski definition) is 2. The summed E-state index contributed by atoms with van der Waals surface area (Å²) in [6, 6.07) is -0.397. The molecule has 4 nitrogen and oxygen atoms in total. The van der Waals surface area contributed by atoms with Crippen LogP contribution in [0.15, 0.2) is 0 Å². The third-order valence-corrected chi connectivity index (χ3v) is 2.36. The SMILES string of the molecule is CC(C)(C)OC(=O)NC[C@@H]1CC(F)(F)CCN1. The molecule has 0 aromatic rings. The molecule has 1 saturated heterocycles. The fourth-order valence-electron chi connectivity index (χ4n) is 1.66. The highest BCUT2D eigenvalue weighted by Gasteiger charge is 2.36. The molecule has 100 valence electrons. The van der Waals surface area contributed by atoms with Gasteiger partial charge in [-0.3, -0.25) is 0 Å². The van der Waals surface area contributed by atoms with Crippen LogP contribution in [0, 0.1) is 0 Å². The second kappa shape index (κ2) is 5.16. The maximum absolute atomic E-state index is 13.1. The molecular formula is C11H20F2N2O2. The van der Waals surface area contributed by atoms with Crippen LogP contribution in [0.1, 0.15) is 33.6 Å². The normalized spacial score (nSPS) is 24.2. The van der Waals surface area contributed by atoms with E-state index in [4.69, 9.17) is 4.74 Å². The fraction of sp³-hybridized carbons (Fsp3) is 0.909. The van der Waals surface area contributed by atoms with E-state index in [1.165, 1.54) is 0 Å². The van der Waals surface area contributed by atoms with E-state index >= 15 is 0 Å². The van der Waals surface area contributed by atoms with Gasteiger partial charge in [0.25, 0.3) is 5.92 Å². The summed E-state index contributed by atoms with van der Waals surface area (Å²) in [4.78, 5) is 11.3. The number of carbonyl (C=O) groups is 1. The Bertz CT molecular complexity index is 277. The Morgan fingerprint density at radius 2 is 2.18 bits per heavy atom. The summed E-state index contributed by atoms with van der Waals surface area (Å²) in [7, 11) is 0. The molecule has 0 aromatic heterocycles. The number of halogens is 2. The van der Waals surface area contributed by atoms with Crippen LogP contribution in [0.4, 0.5) is 13.6 Å². The first-order valence-corrected chi connectivity index (χ1v) is 5.76. The zero-order valence-corrected chi connectivity index (χ0v) is 10.5. The molecule has 0 unspecified atom stereocenters. The lowest BCUT2D eigenvalue weighted by Gasteiger charge is -2.30. The summed E-state index contributed by atoms with van der Waals surface area (Å²) in [5.41, 5.74) is -0.575. The third-order valence-electron chi connectivity index (χ3n) is 2.36. The van der Waals surface area contributed by atoms with E-state index in [1.807, 2.05) is 0 Å². The minimum atomic E-state index is -2.63. The van der Waals surface area contributed by atoms with Crippen LogP contribution in [-0.4, -0.2) is 36.7 Å². The van der Waals surface area contributed by atoms with Gasteiger partial charge in [-0.1, -0.05) is 0 Å². The van der Waals surface area contributed by atoms with Gasteiger partial charge in [-0.2, -0.15) is 0 Å². The maximum atomic E-state index is 13.1. The van der Waals surface area contributed by atoms with E-state index in [0.717, 1.165) is 0 Å². The van der Waals surface area contributed by atoms with Crippen molar-refractivity contribution in [3.63, 3.8) is 0 Å². The number of amides is 1. The van der Waals surface area contributed by atoms with Crippen molar-refractivity contribution < 1.29 is 18.3 Å². The van der Waals surface area contributed by atoms with Crippen LogP contribution in [0.25, 0.3) is 0 Å². The summed E-state index contributed by atoms with van der Waals surface area (Å²) in [6.07, 6.45) is -0.966. The number of carbonyl (C=O) groups excluding carboxylic acids is 1. The average molecular weight is 250 g/mol. The molecule has 1 atom stereocenters. The Morgan fingerprint density at radius 1 is 1.53 bits per heavy atom. The summed E-state index contributed by atoms with van der Waals surface area (Å²) >= 11 is 0. The number of alkyl halides is 2. The van der Waals surface area contributed by atoms with Crippen molar-refractivity contribution in [2.24, 2.45) is 0 Å². The van der Waals surface area contributed by atoms with Gasteiger partial charge in [-0.25, -0.2) is 13.6 Å². The fourth-order valence-corrected chi connectivity index (χ4v) is 1.66. The van der Waals surface area contributed by atoms with Crippen molar-refractivity contribution in [1.82, 2.24) is 10.6 Å². The van der Waals surface area contributed by atoms with Crippen LogP contribution in [0.2, 0.25) is 0 Å². The van der Waals surface area contributed by atoms with E-state index < -0.39 is 23.7 Å². The van der Waals surface area contributed by atoms with E-state index in [9.17, 15) is 13.6 Å². The van der Waals surface area contributed by atoms with Crippen LogP contribution in [0.5, 0.6) is 0 Å². The molecule has 1 heterocycles. The number of rotatable bonds is 2. The van der Waals surface area contributed by atoms with Gasteiger partial charge in [-0.15, -0.1) is 0 Å². The molecule has 1 rings (SSSR count). The van der Waals surface area contributed by atoms with Crippen molar-refractivity contribution in [1.29, 1.82) is 0 Å². The number of nitrogens with one attached hydrogen (secondary N) is 2. The minimum absolute atomic E-state index is 0.143. The van der Waals surface area contributed by atoms with Crippen LogP contribution in [0.3, 0.4) is 0 Å². The lowest BCUT2D eigenvalue weighted by atomic mass is 10.0. The Hall–Kier alpha value is -0.910. The molecule has 0 spiro atoms. The standard InChI is InChI=1S/C11H20F2N2O2/c1-10(2,3)17-9(16)15-7-8-6-11(12,13)4-5-14-8/h8,14H,4-7H2,1-3H3,(H,15,16)/t8-/m0/s1. The van der Waals surface area contributed by atoms with Gasteiger partial charge >= 0.3 is 6.09 Å². The van der Waals surface area contributed by atoms with Crippen molar-refractivity contribution in [3.8, 4) is 0 Å². The zero-order chi connectivity index (χ0) is 13.1. The highest BCUT2D eigenvalue weighted by Crippen LogP contribution is 2.27.